The minimum Gasteiger partial charge on any atom is -0.206 e. The van der Waals surface area contributed by atoms with Crippen LogP contribution in [0.15, 0.2) is 0 Å². The molecule has 0 amide bonds. The van der Waals surface area contributed by atoms with E-state index in [1.807, 2.05) is 0 Å². The van der Waals surface area contributed by atoms with Crippen LogP contribution < -0.4 is 0 Å². The maximum Gasteiger partial charge on any atom is 0.343 e. The Hall–Kier alpha value is -0.690. The number of alkyl halides is 6. The quantitative estimate of drug-likeness (QED) is 0.398. The maximum atomic E-state index is 13.5. The van der Waals surface area contributed by atoms with E-state index in [4.69, 9.17) is 23.2 Å². The normalized spacial score (nSPS) is 19.7. The lowest BCUT2D eigenvalue weighted by atomic mass is 9.78. The zero-order valence-corrected chi connectivity index (χ0v) is 9.49. The molecule has 0 N–H and O–H groups in total. The van der Waals surface area contributed by atoms with E-state index in [1.165, 1.54) is 0 Å². The number of halogens is 9. The van der Waals surface area contributed by atoms with Gasteiger partial charge in [0.25, 0.3) is 0 Å². The molecule has 2 rings (SSSR count). The summed E-state index contributed by atoms with van der Waals surface area (Å²) in [6.07, 6.45) is 0. The predicted octanol–water partition coefficient (Wildman–Crippen LogP) is 4.78. The van der Waals surface area contributed by atoms with E-state index in [0.29, 0.717) is 0 Å². The van der Waals surface area contributed by atoms with Gasteiger partial charge in [-0.15, -0.1) is 0 Å². The summed E-state index contributed by atoms with van der Waals surface area (Å²) in [6, 6.07) is 0. The fourth-order valence-electron chi connectivity index (χ4n) is 1.71. The standard InChI is InChI=1S/C9HCl2F7/c10-7(11)1-4(12)2-3(6(14)5(1)13)9(17,18)8(2,15)16/h7H. The van der Waals surface area contributed by atoms with Gasteiger partial charge in [-0.3, -0.25) is 0 Å². The second-order valence-electron chi connectivity index (χ2n) is 3.56. The van der Waals surface area contributed by atoms with Crippen molar-refractivity contribution >= 4 is 23.2 Å². The highest BCUT2D eigenvalue weighted by atomic mass is 35.5. The summed E-state index contributed by atoms with van der Waals surface area (Å²) in [5.74, 6) is -16.3. The third kappa shape index (κ3) is 1.34. The van der Waals surface area contributed by atoms with E-state index < -0.39 is 50.8 Å². The smallest absolute Gasteiger partial charge is 0.206 e. The van der Waals surface area contributed by atoms with Gasteiger partial charge in [-0.05, 0) is 0 Å². The van der Waals surface area contributed by atoms with Crippen LogP contribution >= 0.6 is 23.2 Å². The van der Waals surface area contributed by atoms with Gasteiger partial charge >= 0.3 is 11.8 Å². The number of benzene rings is 1. The first kappa shape index (κ1) is 13.7. The van der Waals surface area contributed by atoms with Crippen LogP contribution in [0.1, 0.15) is 21.5 Å². The molecule has 0 saturated heterocycles. The fraction of sp³-hybridized carbons (Fsp3) is 0.333. The number of hydrogen-bond donors (Lipinski definition) is 0. The van der Waals surface area contributed by atoms with Crippen molar-refractivity contribution in [1.29, 1.82) is 0 Å². The molecule has 1 aliphatic rings. The maximum absolute atomic E-state index is 13.5. The van der Waals surface area contributed by atoms with Crippen molar-refractivity contribution in [3.63, 3.8) is 0 Å². The molecule has 1 aliphatic carbocycles. The lowest BCUT2D eigenvalue weighted by Crippen LogP contribution is -2.49. The highest BCUT2D eigenvalue weighted by Crippen LogP contribution is 2.63. The first-order chi connectivity index (χ1) is 8.05. The molecular weight excluding hydrogens is 312 g/mol. The van der Waals surface area contributed by atoms with Crippen molar-refractivity contribution in [3.05, 3.63) is 34.1 Å². The summed E-state index contributed by atoms with van der Waals surface area (Å²) >= 11 is 10.2. The molecule has 0 spiro atoms. The number of hydrogen-bond acceptors (Lipinski definition) is 0. The number of rotatable bonds is 1. The zero-order chi connectivity index (χ0) is 14.0. The minimum atomic E-state index is -4.97. The highest BCUT2D eigenvalue weighted by molar-refractivity contribution is 6.44. The van der Waals surface area contributed by atoms with E-state index in [1.54, 1.807) is 0 Å². The third-order valence-electron chi connectivity index (χ3n) is 2.60. The summed E-state index contributed by atoms with van der Waals surface area (Å²) in [4.78, 5) is -2.00. The average Bonchev–Trinajstić information content (AvgIpc) is 2.21. The van der Waals surface area contributed by atoms with Gasteiger partial charge in [0.1, 0.15) is 10.7 Å². The van der Waals surface area contributed by atoms with Crippen LogP contribution in [0.2, 0.25) is 0 Å². The molecule has 0 saturated carbocycles. The van der Waals surface area contributed by atoms with E-state index in [2.05, 4.69) is 0 Å². The molecule has 0 fully saturated rings. The van der Waals surface area contributed by atoms with Crippen molar-refractivity contribution in [1.82, 2.24) is 0 Å². The van der Waals surface area contributed by atoms with Crippen LogP contribution in [0.3, 0.4) is 0 Å². The molecule has 1 aromatic carbocycles. The van der Waals surface area contributed by atoms with E-state index in [9.17, 15) is 30.7 Å². The molecule has 0 nitrogen and oxygen atoms in total. The van der Waals surface area contributed by atoms with E-state index in [-0.39, 0.29) is 0 Å². The molecule has 0 unspecified atom stereocenters. The van der Waals surface area contributed by atoms with Crippen LogP contribution in [0, 0.1) is 17.5 Å². The van der Waals surface area contributed by atoms with Crippen molar-refractivity contribution < 1.29 is 30.7 Å². The van der Waals surface area contributed by atoms with Gasteiger partial charge in [-0.25, -0.2) is 13.2 Å². The summed E-state index contributed by atoms with van der Waals surface area (Å²) in [5.41, 5.74) is -5.32. The van der Waals surface area contributed by atoms with Crippen LogP contribution in [0.5, 0.6) is 0 Å². The van der Waals surface area contributed by atoms with Gasteiger partial charge in [-0.2, -0.15) is 17.6 Å². The van der Waals surface area contributed by atoms with Crippen molar-refractivity contribution in [2.75, 3.05) is 0 Å². The minimum absolute atomic E-state index is 1.41. The molecule has 0 aromatic heterocycles. The molecule has 0 radical (unpaired) electrons. The molecule has 18 heavy (non-hydrogen) atoms. The molecular formula is C9HCl2F7. The van der Waals surface area contributed by atoms with Crippen LogP contribution in [-0.4, -0.2) is 0 Å². The lowest BCUT2D eigenvalue weighted by molar-refractivity contribution is -0.258. The van der Waals surface area contributed by atoms with Gasteiger partial charge in [0.2, 0.25) is 0 Å². The van der Waals surface area contributed by atoms with Crippen LogP contribution in [0.4, 0.5) is 30.7 Å². The van der Waals surface area contributed by atoms with E-state index in [0.717, 1.165) is 0 Å². The summed E-state index contributed by atoms with van der Waals surface area (Å²) < 4.78 is 91.6. The number of fused-ring (bicyclic) bond motifs is 1. The monoisotopic (exact) mass is 312 g/mol. The second-order valence-corrected chi connectivity index (χ2v) is 4.65. The molecule has 0 heterocycles. The highest BCUT2D eigenvalue weighted by Gasteiger charge is 2.73. The van der Waals surface area contributed by atoms with Gasteiger partial charge in [-0.1, -0.05) is 23.2 Å². The van der Waals surface area contributed by atoms with Crippen LogP contribution in [-0.2, 0) is 11.8 Å². The van der Waals surface area contributed by atoms with Gasteiger partial charge < -0.3 is 0 Å². The topological polar surface area (TPSA) is 0 Å². The Balaban J connectivity index is 2.87. The molecule has 0 atom stereocenters. The van der Waals surface area contributed by atoms with Crippen LogP contribution in [0.25, 0.3) is 0 Å². The third-order valence-corrected chi connectivity index (χ3v) is 3.03. The summed E-state index contributed by atoms with van der Waals surface area (Å²) in [5, 5.41) is 0. The molecule has 0 bridgehead atoms. The second kappa shape index (κ2) is 3.66. The van der Waals surface area contributed by atoms with Crippen molar-refractivity contribution in [2.24, 2.45) is 0 Å². The van der Waals surface area contributed by atoms with Crippen molar-refractivity contribution in [3.8, 4) is 0 Å². The Morgan fingerprint density at radius 3 is 1.50 bits per heavy atom. The van der Waals surface area contributed by atoms with E-state index >= 15 is 0 Å². The first-order valence-electron chi connectivity index (χ1n) is 4.30. The molecule has 1 aromatic rings. The molecule has 0 aliphatic heterocycles. The van der Waals surface area contributed by atoms with Crippen molar-refractivity contribution in [2.45, 2.75) is 16.7 Å². The largest absolute Gasteiger partial charge is 0.343 e. The predicted molar refractivity (Wildman–Crippen MR) is 48.6 cm³/mol. The Labute approximate surface area is 105 Å². The Bertz CT molecular complexity index is 538. The van der Waals surface area contributed by atoms with Gasteiger partial charge in [0.15, 0.2) is 11.6 Å². The SMILES string of the molecule is Fc1c(F)c2c(c(F)c1C(Cl)Cl)C(F)(F)C2(F)F. The summed E-state index contributed by atoms with van der Waals surface area (Å²) in [6.45, 7) is 0. The Morgan fingerprint density at radius 2 is 1.11 bits per heavy atom. The molecule has 9 heteroatoms. The lowest BCUT2D eigenvalue weighted by Gasteiger charge is -2.39. The fourth-order valence-corrected chi connectivity index (χ4v) is 2.09. The Morgan fingerprint density at radius 1 is 0.722 bits per heavy atom. The summed E-state index contributed by atoms with van der Waals surface area (Å²) in [7, 11) is 0. The Kier molecular flexibility index (Phi) is 2.79. The zero-order valence-electron chi connectivity index (χ0n) is 7.98. The van der Waals surface area contributed by atoms with Gasteiger partial charge in [0, 0.05) is 0 Å². The molecule has 100 valence electrons. The average molecular weight is 313 g/mol. The first-order valence-corrected chi connectivity index (χ1v) is 5.17. The van der Waals surface area contributed by atoms with Gasteiger partial charge in [0.05, 0.1) is 16.7 Å².